The molecular weight excluding hydrogens is 211 g/mol. The van der Waals surface area contributed by atoms with Crippen molar-refractivity contribution in [2.75, 3.05) is 20.3 Å². The van der Waals surface area contributed by atoms with E-state index in [0.29, 0.717) is 30.1 Å². The number of fused-ring (bicyclic) bond motifs is 1. The fourth-order valence-corrected chi connectivity index (χ4v) is 1.39. The highest BCUT2D eigenvalue weighted by molar-refractivity contribution is 5.72. The van der Waals surface area contributed by atoms with Gasteiger partial charge in [-0.1, -0.05) is 0 Å². The first kappa shape index (κ1) is 11.0. The van der Waals surface area contributed by atoms with Crippen molar-refractivity contribution < 1.29 is 13.5 Å². The fraction of sp³-hybridized carbons (Fsp3) is 0.364. The lowest BCUT2D eigenvalue weighted by Crippen LogP contribution is -2.18. The summed E-state index contributed by atoms with van der Waals surface area (Å²) in [5.41, 5.74) is 1.15. The van der Waals surface area contributed by atoms with Crippen LogP contribution in [-0.4, -0.2) is 25.2 Å². The van der Waals surface area contributed by atoms with E-state index in [4.69, 9.17) is 9.15 Å². The Kier molecular flexibility index (Phi) is 3.48. The van der Waals surface area contributed by atoms with E-state index in [9.17, 15) is 4.39 Å². The van der Waals surface area contributed by atoms with Crippen LogP contribution in [0.1, 0.15) is 5.89 Å². The average Bonchev–Trinajstić information content (AvgIpc) is 2.66. The highest BCUT2D eigenvalue weighted by Gasteiger charge is 2.05. The van der Waals surface area contributed by atoms with Crippen LogP contribution in [0.5, 0.6) is 0 Å². The van der Waals surface area contributed by atoms with Gasteiger partial charge in [-0.25, -0.2) is 9.37 Å². The molecule has 0 amide bonds. The quantitative estimate of drug-likeness (QED) is 0.785. The van der Waals surface area contributed by atoms with Crippen LogP contribution in [0.15, 0.2) is 22.6 Å². The minimum Gasteiger partial charge on any atom is -0.439 e. The van der Waals surface area contributed by atoms with Crippen molar-refractivity contribution in [2.24, 2.45) is 0 Å². The maximum atomic E-state index is 12.9. The summed E-state index contributed by atoms with van der Waals surface area (Å²) < 4.78 is 23.2. The molecule has 2 aromatic rings. The molecule has 1 aromatic carbocycles. The van der Waals surface area contributed by atoms with Gasteiger partial charge in [-0.2, -0.15) is 0 Å². The molecule has 1 heterocycles. The molecule has 0 aliphatic carbocycles. The third kappa shape index (κ3) is 2.56. The van der Waals surface area contributed by atoms with Gasteiger partial charge in [-0.3, -0.25) is 0 Å². The van der Waals surface area contributed by atoms with Crippen LogP contribution >= 0.6 is 0 Å². The largest absolute Gasteiger partial charge is 0.439 e. The Morgan fingerprint density at radius 1 is 1.50 bits per heavy atom. The molecule has 1 N–H and O–H groups in total. The van der Waals surface area contributed by atoms with Crippen molar-refractivity contribution >= 4 is 11.1 Å². The summed E-state index contributed by atoms with van der Waals surface area (Å²) in [6.07, 6.45) is 0. The van der Waals surface area contributed by atoms with Gasteiger partial charge in [0.1, 0.15) is 11.3 Å². The first-order valence-corrected chi connectivity index (χ1v) is 5.04. The second-order valence-corrected chi connectivity index (χ2v) is 3.39. The van der Waals surface area contributed by atoms with Crippen LogP contribution < -0.4 is 5.32 Å². The summed E-state index contributed by atoms with van der Waals surface area (Å²) in [6.45, 7) is 1.87. The van der Waals surface area contributed by atoms with Crippen LogP contribution in [0.3, 0.4) is 0 Å². The molecule has 0 atom stereocenters. The maximum absolute atomic E-state index is 12.9. The van der Waals surface area contributed by atoms with Gasteiger partial charge in [0, 0.05) is 19.7 Å². The lowest BCUT2D eigenvalue weighted by molar-refractivity contribution is 0.198. The number of nitrogens with zero attached hydrogens (tertiary/aromatic N) is 1. The Morgan fingerprint density at radius 3 is 3.19 bits per heavy atom. The third-order valence-corrected chi connectivity index (χ3v) is 2.15. The molecule has 16 heavy (non-hydrogen) atoms. The minimum absolute atomic E-state index is 0.306. The Labute approximate surface area is 92.4 Å². The zero-order chi connectivity index (χ0) is 11.4. The molecule has 0 unspecified atom stereocenters. The van der Waals surface area contributed by atoms with Gasteiger partial charge in [-0.05, 0) is 12.1 Å². The predicted octanol–water partition coefficient (Wildman–Crippen LogP) is 1.70. The molecule has 0 radical (unpaired) electrons. The van der Waals surface area contributed by atoms with E-state index >= 15 is 0 Å². The molecule has 0 spiro atoms. The van der Waals surface area contributed by atoms with E-state index in [1.807, 2.05) is 0 Å². The Morgan fingerprint density at radius 2 is 2.38 bits per heavy atom. The second kappa shape index (κ2) is 5.05. The van der Waals surface area contributed by atoms with Gasteiger partial charge < -0.3 is 14.5 Å². The Balaban J connectivity index is 2.02. The van der Waals surface area contributed by atoms with Crippen molar-refractivity contribution in [3.8, 4) is 0 Å². The first-order valence-electron chi connectivity index (χ1n) is 5.04. The monoisotopic (exact) mass is 224 g/mol. The molecule has 0 saturated carbocycles. The zero-order valence-corrected chi connectivity index (χ0v) is 9.00. The molecule has 2 rings (SSSR count). The highest BCUT2D eigenvalue weighted by atomic mass is 19.1. The van der Waals surface area contributed by atoms with E-state index in [1.165, 1.54) is 12.1 Å². The summed E-state index contributed by atoms with van der Waals surface area (Å²) in [4.78, 5) is 4.16. The highest BCUT2D eigenvalue weighted by Crippen LogP contribution is 2.16. The summed E-state index contributed by atoms with van der Waals surface area (Å²) >= 11 is 0. The smallest absolute Gasteiger partial charge is 0.209 e. The average molecular weight is 224 g/mol. The van der Waals surface area contributed by atoms with Crippen LogP contribution in [0.4, 0.5) is 4.39 Å². The molecule has 0 aliphatic rings. The van der Waals surface area contributed by atoms with Gasteiger partial charge >= 0.3 is 0 Å². The number of hydrogen-bond donors (Lipinski definition) is 1. The maximum Gasteiger partial charge on any atom is 0.209 e. The van der Waals surface area contributed by atoms with Gasteiger partial charge in [0.15, 0.2) is 5.58 Å². The van der Waals surface area contributed by atoms with Crippen LogP contribution in [-0.2, 0) is 11.3 Å². The molecule has 86 valence electrons. The first-order chi connectivity index (χ1) is 7.79. The van der Waals surface area contributed by atoms with E-state index in [-0.39, 0.29) is 5.82 Å². The molecule has 0 bridgehead atoms. The number of aromatic nitrogens is 1. The normalized spacial score (nSPS) is 11.1. The molecule has 0 aliphatic heterocycles. The number of hydrogen-bond acceptors (Lipinski definition) is 4. The number of oxazole rings is 1. The Bertz CT molecular complexity index is 470. The fourth-order valence-electron chi connectivity index (χ4n) is 1.39. The van der Waals surface area contributed by atoms with Crippen LogP contribution in [0.25, 0.3) is 11.1 Å². The van der Waals surface area contributed by atoms with E-state index in [0.717, 1.165) is 6.54 Å². The second-order valence-electron chi connectivity index (χ2n) is 3.39. The minimum atomic E-state index is -0.306. The lowest BCUT2D eigenvalue weighted by Gasteiger charge is -1.99. The van der Waals surface area contributed by atoms with Crippen molar-refractivity contribution in [3.63, 3.8) is 0 Å². The van der Waals surface area contributed by atoms with Gasteiger partial charge in [0.25, 0.3) is 0 Å². The van der Waals surface area contributed by atoms with E-state index in [2.05, 4.69) is 10.3 Å². The van der Waals surface area contributed by atoms with Gasteiger partial charge in [0.2, 0.25) is 5.89 Å². The number of nitrogens with one attached hydrogen (secondary N) is 1. The third-order valence-electron chi connectivity index (χ3n) is 2.15. The lowest BCUT2D eigenvalue weighted by atomic mass is 10.3. The molecule has 1 aromatic heterocycles. The molecule has 5 heteroatoms. The standard InChI is InChI=1S/C11H13FN2O2/c1-15-5-4-13-7-11-14-9-6-8(12)2-3-10(9)16-11/h2-3,6,13H,4-5,7H2,1H3. The number of ether oxygens (including phenoxy) is 1. The summed E-state index contributed by atoms with van der Waals surface area (Å²) in [5.74, 6) is 0.247. The number of halogens is 1. The predicted molar refractivity (Wildman–Crippen MR) is 57.5 cm³/mol. The summed E-state index contributed by atoms with van der Waals surface area (Å²) in [5, 5.41) is 3.10. The van der Waals surface area contributed by atoms with E-state index < -0.39 is 0 Å². The molecular formula is C11H13FN2O2. The Hall–Kier alpha value is -1.46. The zero-order valence-electron chi connectivity index (χ0n) is 9.00. The van der Waals surface area contributed by atoms with Crippen LogP contribution in [0.2, 0.25) is 0 Å². The molecule has 0 saturated heterocycles. The van der Waals surface area contributed by atoms with Crippen molar-refractivity contribution in [1.82, 2.24) is 10.3 Å². The molecule has 0 fully saturated rings. The van der Waals surface area contributed by atoms with Gasteiger partial charge in [-0.15, -0.1) is 0 Å². The van der Waals surface area contributed by atoms with Crippen LogP contribution in [0, 0.1) is 5.82 Å². The summed E-state index contributed by atoms with van der Waals surface area (Å²) in [6, 6.07) is 4.30. The van der Waals surface area contributed by atoms with E-state index in [1.54, 1.807) is 13.2 Å². The molecule has 4 nitrogen and oxygen atoms in total. The van der Waals surface area contributed by atoms with Crippen molar-refractivity contribution in [2.45, 2.75) is 6.54 Å². The van der Waals surface area contributed by atoms with Crippen molar-refractivity contribution in [3.05, 3.63) is 29.9 Å². The van der Waals surface area contributed by atoms with Crippen molar-refractivity contribution in [1.29, 1.82) is 0 Å². The summed E-state index contributed by atoms with van der Waals surface area (Å²) in [7, 11) is 1.64. The number of benzene rings is 1. The topological polar surface area (TPSA) is 47.3 Å². The van der Waals surface area contributed by atoms with Gasteiger partial charge in [0.05, 0.1) is 13.2 Å². The number of rotatable bonds is 5. The number of methoxy groups -OCH3 is 1. The SMILES string of the molecule is COCCNCc1nc2cc(F)ccc2o1.